The number of carbonyl (C=O) groups is 1. The summed E-state index contributed by atoms with van der Waals surface area (Å²) >= 11 is 0. The summed E-state index contributed by atoms with van der Waals surface area (Å²) in [5.41, 5.74) is -1.19. The summed E-state index contributed by atoms with van der Waals surface area (Å²) in [5.74, 6) is -1.13. The molecular formula is C24H24F3N5O3. The fourth-order valence-corrected chi connectivity index (χ4v) is 4.86. The second-order valence-corrected chi connectivity index (χ2v) is 9.33. The van der Waals surface area contributed by atoms with E-state index in [9.17, 15) is 27.9 Å². The van der Waals surface area contributed by atoms with E-state index in [2.05, 4.69) is 15.3 Å². The number of fused-ring (bicyclic) bond motifs is 1. The van der Waals surface area contributed by atoms with Crippen molar-refractivity contribution in [2.24, 2.45) is 12.5 Å². The molecule has 0 bridgehead atoms. The highest BCUT2D eigenvalue weighted by atomic mass is 19.4. The van der Waals surface area contributed by atoms with E-state index in [0.29, 0.717) is 24.5 Å². The van der Waals surface area contributed by atoms with Crippen LogP contribution in [0, 0.1) is 5.41 Å². The van der Waals surface area contributed by atoms with Crippen LogP contribution < -0.4 is 15.8 Å². The molecule has 3 heterocycles. The largest absolute Gasteiger partial charge is 0.476 e. The van der Waals surface area contributed by atoms with E-state index in [-0.39, 0.29) is 22.2 Å². The Balaban J connectivity index is 1.62. The number of piperidine rings is 1. The second kappa shape index (κ2) is 8.24. The number of anilines is 2. The Kier molecular flexibility index (Phi) is 5.45. The first-order chi connectivity index (χ1) is 16.6. The van der Waals surface area contributed by atoms with Gasteiger partial charge in [-0.15, -0.1) is 0 Å². The molecular weight excluding hydrogens is 463 g/mol. The molecule has 1 atom stereocenters. The summed E-state index contributed by atoms with van der Waals surface area (Å²) in [4.78, 5) is 34.9. The van der Waals surface area contributed by atoms with Gasteiger partial charge >= 0.3 is 12.1 Å². The Morgan fingerprint density at radius 1 is 1.14 bits per heavy atom. The van der Waals surface area contributed by atoms with Crippen molar-refractivity contribution in [1.82, 2.24) is 14.5 Å². The first-order valence-electron chi connectivity index (χ1n) is 11.4. The molecule has 2 aliphatic rings. The van der Waals surface area contributed by atoms with E-state index in [1.807, 2.05) is 4.90 Å². The summed E-state index contributed by atoms with van der Waals surface area (Å²) < 4.78 is 44.4. The molecule has 1 saturated carbocycles. The maximum atomic E-state index is 14.3. The van der Waals surface area contributed by atoms with E-state index in [1.165, 1.54) is 53.9 Å². The zero-order chi connectivity index (χ0) is 25.0. The van der Waals surface area contributed by atoms with Crippen molar-refractivity contribution in [1.29, 1.82) is 0 Å². The summed E-state index contributed by atoms with van der Waals surface area (Å²) in [6, 6.07) is 4.35. The molecule has 8 nitrogen and oxygen atoms in total. The molecule has 1 unspecified atom stereocenters. The third-order valence-electron chi connectivity index (χ3n) is 7.13. The smallest absolute Gasteiger partial charge is 0.412 e. The molecule has 3 aromatic rings. The molecule has 0 amide bonds. The van der Waals surface area contributed by atoms with Crippen molar-refractivity contribution in [3.05, 3.63) is 58.1 Å². The standard InChI is InChI=1S/C24H24F3N5O3/c1-31-20(33)15-5-2-4-14(17(15)30-22(31)32-12-9-23(7-8-23)10-13-32)19(24(25,26)27)29-16-6-3-11-28-18(16)21(34)35/h2-6,11,19,29H,7-10,12-13H2,1H3,(H,34,35). The molecule has 35 heavy (non-hydrogen) atoms. The molecule has 2 N–H and O–H groups in total. The van der Waals surface area contributed by atoms with Crippen LogP contribution in [-0.2, 0) is 7.05 Å². The van der Waals surface area contributed by atoms with Crippen molar-refractivity contribution >= 4 is 28.5 Å². The Morgan fingerprint density at radius 2 is 1.86 bits per heavy atom. The molecule has 2 fully saturated rings. The summed E-state index contributed by atoms with van der Waals surface area (Å²) in [6.07, 6.45) is 0.702. The third kappa shape index (κ3) is 4.19. The minimum Gasteiger partial charge on any atom is -0.476 e. The first-order valence-corrected chi connectivity index (χ1v) is 11.4. The van der Waals surface area contributed by atoms with Gasteiger partial charge in [0, 0.05) is 31.9 Å². The van der Waals surface area contributed by atoms with Gasteiger partial charge in [0.15, 0.2) is 11.7 Å². The number of hydrogen-bond donors (Lipinski definition) is 2. The Labute approximate surface area is 198 Å². The van der Waals surface area contributed by atoms with Gasteiger partial charge in [-0.05, 0) is 49.3 Å². The van der Waals surface area contributed by atoms with E-state index < -0.39 is 29.4 Å². The molecule has 1 spiro atoms. The lowest BCUT2D eigenvalue weighted by atomic mass is 9.94. The predicted molar refractivity (Wildman–Crippen MR) is 124 cm³/mol. The second-order valence-electron chi connectivity index (χ2n) is 9.33. The van der Waals surface area contributed by atoms with Crippen LogP contribution in [0.5, 0.6) is 0 Å². The number of para-hydroxylation sites is 1. The number of aromatic carboxylic acids is 1. The third-order valence-corrected chi connectivity index (χ3v) is 7.13. The van der Waals surface area contributed by atoms with Gasteiger partial charge < -0.3 is 15.3 Å². The van der Waals surface area contributed by atoms with Crippen molar-refractivity contribution in [3.8, 4) is 0 Å². The van der Waals surface area contributed by atoms with Crippen molar-refractivity contribution < 1.29 is 23.1 Å². The number of hydrogen-bond acceptors (Lipinski definition) is 6. The maximum absolute atomic E-state index is 14.3. The normalized spacial score (nSPS) is 18.0. The molecule has 11 heteroatoms. The number of pyridine rings is 1. The van der Waals surface area contributed by atoms with Crippen molar-refractivity contribution in [2.45, 2.75) is 37.9 Å². The lowest BCUT2D eigenvalue weighted by Crippen LogP contribution is -2.39. The van der Waals surface area contributed by atoms with Crippen LogP contribution in [0.3, 0.4) is 0 Å². The van der Waals surface area contributed by atoms with Crippen LogP contribution in [0.25, 0.3) is 10.9 Å². The van der Waals surface area contributed by atoms with E-state index in [1.54, 1.807) is 7.05 Å². The van der Waals surface area contributed by atoms with Gasteiger partial charge in [-0.1, -0.05) is 12.1 Å². The minimum absolute atomic E-state index is 0.0603. The van der Waals surface area contributed by atoms with Gasteiger partial charge in [0.2, 0.25) is 5.95 Å². The lowest BCUT2D eigenvalue weighted by molar-refractivity contribution is -0.143. The fourth-order valence-electron chi connectivity index (χ4n) is 4.86. The van der Waals surface area contributed by atoms with E-state index in [4.69, 9.17) is 0 Å². The number of aromatic nitrogens is 3. The highest BCUT2D eigenvalue weighted by molar-refractivity contribution is 5.92. The Hall–Kier alpha value is -3.63. The summed E-state index contributed by atoms with van der Waals surface area (Å²) in [5, 5.41) is 11.7. The van der Waals surface area contributed by atoms with Crippen LogP contribution in [0.4, 0.5) is 24.8 Å². The molecule has 2 aromatic heterocycles. The zero-order valence-corrected chi connectivity index (χ0v) is 19.0. The van der Waals surface area contributed by atoms with Crippen molar-refractivity contribution in [3.63, 3.8) is 0 Å². The highest BCUT2D eigenvalue weighted by Crippen LogP contribution is 2.53. The average Bonchev–Trinajstić information content (AvgIpc) is 3.58. The monoisotopic (exact) mass is 487 g/mol. The number of benzene rings is 1. The Morgan fingerprint density at radius 3 is 2.49 bits per heavy atom. The number of halogens is 3. The molecule has 1 aromatic carbocycles. The van der Waals surface area contributed by atoms with Gasteiger partial charge in [-0.2, -0.15) is 13.2 Å². The van der Waals surface area contributed by atoms with Gasteiger partial charge in [-0.25, -0.2) is 14.8 Å². The Bertz CT molecular complexity index is 1360. The van der Waals surface area contributed by atoms with E-state index in [0.717, 1.165) is 12.8 Å². The highest BCUT2D eigenvalue weighted by Gasteiger charge is 2.45. The molecule has 1 saturated heterocycles. The van der Waals surface area contributed by atoms with Gasteiger partial charge in [0.25, 0.3) is 5.56 Å². The SMILES string of the molecule is Cn1c(N2CCC3(CC2)CC3)nc2c(C(Nc3cccnc3C(=O)O)C(F)(F)F)cccc2c1=O. The zero-order valence-electron chi connectivity index (χ0n) is 19.0. The predicted octanol–water partition coefficient (Wildman–Crippen LogP) is 4.12. The fraction of sp³-hybridized carbons (Fsp3) is 0.417. The maximum Gasteiger partial charge on any atom is 0.412 e. The number of rotatable bonds is 5. The number of carboxylic acid groups (broad SMARTS) is 1. The topological polar surface area (TPSA) is 100 Å². The molecule has 1 aliphatic carbocycles. The summed E-state index contributed by atoms with van der Waals surface area (Å²) in [6.45, 7) is 1.37. The van der Waals surface area contributed by atoms with Crippen LogP contribution in [0.1, 0.15) is 47.8 Å². The van der Waals surface area contributed by atoms with Crippen LogP contribution >= 0.6 is 0 Å². The van der Waals surface area contributed by atoms with Crippen molar-refractivity contribution in [2.75, 3.05) is 23.3 Å². The van der Waals surface area contributed by atoms with Gasteiger partial charge in [-0.3, -0.25) is 9.36 Å². The summed E-state index contributed by atoms with van der Waals surface area (Å²) in [7, 11) is 1.58. The van der Waals surface area contributed by atoms with Crippen LogP contribution in [-0.4, -0.2) is 44.9 Å². The van der Waals surface area contributed by atoms with Crippen LogP contribution in [0.2, 0.25) is 0 Å². The quantitative estimate of drug-likeness (QED) is 0.558. The molecule has 1 aliphatic heterocycles. The molecule has 0 radical (unpaired) electrons. The molecule has 5 rings (SSSR count). The van der Waals surface area contributed by atoms with Gasteiger partial charge in [0.1, 0.15) is 0 Å². The lowest BCUT2D eigenvalue weighted by Gasteiger charge is -2.34. The van der Waals surface area contributed by atoms with Crippen LogP contribution in [0.15, 0.2) is 41.3 Å². The van der Waals surface area contributed by atoms with Gasteiger partial charge in [0.05, 0.1) is 16.6 Å². The average molecular weight is 487 g/mol. The first kappa shape index (κ1) is 23.1. The number of nitrogens with one attached hydrogen (secondary N) is 1. The number of nitrogens with zero attached hydrogens (tertiary/aromatic N) is 4. The number of carboxylic acids is 1. The minimum atomic E-state index is -4.81. The molecule has 184 valence electrons. The van der Waals surface area contributed by atoms with E-state index >= 15 is 0 Å². The number of alkyl halides is 3.